The van der Waals surface area contributed by atoms with Crippen molar-refractivity contribution in [3.63, 3.8) is 0 Å². The van der Waals surface area contributed by atoms with Gasteiger partial charge in [0.05, 0.1) is 5.69 Å². The van der Waals surface area contributed by atoms with Crippen LogP contribution in [0.15, 0.2) is 42.5 Å². The number of anilines is 3. The van der Waals surface area contributed by atoms with E-state index in [1.807, 2.05) is 26.0 Å². The Morgan fingerprint density at radius 2 is 1.52 bits per heavy atom. The van der Waals surface area contributed by atoms with Gasteiger partial charge in [0.1, 0.15) is 11.6 Å². The second-order valence-electron chi connectivity index (χ2n) is 5.25. The minimum atomic E-state index is -1.04. The van der Waals surface area contributed by atoms with E-state index in [2.05, 4.69) is 15.5 Å². The van der Waals surface area contributed by atoms with Crippen molar-refractivity contribution < 1.29 is 18.4 Å². The van der Waals surface area contributed by atoms with Gasteiger partial charge in [0.2, 0.25) is 0 Å². The van der Waals surface area contributed by atoms with Gasteiger partial charge in [0.15, 0.2) is 0 Å². The van der Waals surface area contributed by atoms with E-state index >= 15 is 0 Å². The van der Waals surface area contributed by atoms with Gasteiger partial charge in [-0.2, -0.15) is 0 Å². The third-order valence-corrected chi connectivity index (χ3v) is 3.64. The van der Waals surface area contributed by atoms with Gasteiger partial charge in [-0.25, -0.2) is 8.78 Å². The molecule has 5 nitrogen and oxygen atoms in total. The summed E-state index contributed by atoms with van der Waals surface area (Å²) in [6, 6.07) is 9.69. The lowest BCUT2D eigenvalue weighted by molar-refractivity contribution is -0.133. The highest BCUT2D eigenvalue weighted by molar-refractivity contribution is 6.43. The van der Waals surface area contributed by atoms with E-state index in [1.165, 1.54) is 0 Å². The first-order chi connectivity index (χ1) is 11.9. The highest BCUT2D eigenvalue weighted by Crippen LogP contribution is 2.18. The number of halogens is 2. The van der Waals surface area contributed by atoms with Crippen LogP contribution >= 0.6 is 0 Å². The first kappa shape index (κ1) is 18.4. The standard InChI is InChI=1S/C18H19F2N3O2/c1-3-23(4-2)14-8-6-13(7-9-14)21-17(24)18(25)22-16-10-5-12(19)11-15(16)20/h5-11H,3-4H2,1-2H3,(H,21,24)(H,22,25). The number of benzene rings is 2. The Morgan fingerprint density at radius 1 is 0.920 bits per heavy atom. The number of rotatable bonds is 5. The molecule has 2 aromatic rings. The molecule has 0 aliphatic carbocycles. The molecule has 7 heteroatoms. The second kappa shape index (κ2) is 8.23. The van der Waals surface area contributed by atoms with E-state index in [0.29, 0.717) is 11.8 Å². The summed E-state index contributed by atoms with van der Waals surface area (Å²) in [5.74, 6) is -3.71. The summed E-state index contributed by atoms with van der Waals surface area (Å²) < 4.78 is 26.3. The van der Waals surface area contributed by atoms with E-state index < -0.39 is 23.4 Å². The Hall–Kier alpha value is -2.96. The molecule has 0 aromatic heterocycles. The van der Waals surface area contributed by atoms with Gasteiger partial charge < -0.3 is 15.5 Å². The average Bonchev–Trinajstić information content (AvgIpc) is 2.59. The lowest BCUT2D eigenvalue weighted by Crippen LogP contribution is -2.29. The molecule has 0 radical (unpaired) electrons. The fourth-order valence-electron chi connectivity index (χ4n) is 2.30. The van der Waals surface area contributed by atoms with Crippen LogP contribution in [0.5, 0.6) is 0 Å². The van der Waals surface area contributed by atoms with E-state index in [0.717, 1.165) is 30.9 Å². The molecule has 0 aliphatic rings. The van der Waals surface area contributed by atoms with Crippen LogP contribution in [-0.2, 0) is 9.59 Å². The van der Waals surface area contributed by atoms with E-state index in [9.17, 15) is 18.4 Å². The Morgan fingerprint density at radius 3 is 2.08 bits per heavy atom. The number of nitrogens with one attached hydrogen (secondary N) is 2. The third-order valence-electron chi connectivity index (χ3n) is 3.64. The topological polar surface area (TPSA) is 61.4 Å². The number of amides is 2. The first-order valence-corrected chi connectivity index (χ1v) is 7.87. The summed E-state index contributed by atoms with van der Waals surface area (Å²) in [4.78, 5) is 25.9. The second-order valence-corrected chi connectivity index (χ2v) is 5.25. The largest absolute Gasteiger partial charge is 0.372 e. The molecule has 0 unspecified atom stereocenters. The molecule has 132 valence electrons. The predicted octanol–water partition coefficient (Wildman–Crippen LogP) is 3.39. The van der Waals surface area contributed by atoms with Gasteiger partial charge in [-0.15, -0.1) is 0 Å². The van der Waals surface area contributed by atoms with Gasteiger partial charge in [-0.05, 0) is 50.2 Å². The number of hydrogen-bond donors (Lipinski definition) is 2. The summed E-state index contributed by atoms with van der Waals surface area (Å²) >= 11 is 0. The molecule has 2 aromatic carbocycles. The molecule has 0 saturated heterocycles. The monoisotopic (exact) mass is 347 g/mol. The molecule has 2 N–H and O–H groups in total. The minimum Gasteiger partial charge on any atom is -0.372 e. The van der Waals surface area contributed by atoms with Crippen molar-refractivity contribution in [3.05, 3.63) is 54.1 Å². The number of carbonyl (C=O) groups excluding carboxylic acids is 2. The Balaban J connectivity index is 2.00. The summed E-state index contributed by atoms with van der Waals surface area (Å²) in [6.07, 6.45) is 0. The minimum absolute atomic E-state index is 0.265. The normalized spacial score (nSPS) is 10.2. The molecule has 0 bridgehead atoms. The van der Waals surface area contributed by atoms with Crippen molar-refractivity contribution in [1.29, 1.82) is 0 Å². The summed E-state index contributed by atoms with van der Waals surface area (Å²) in [5.41, 5.74) is 1.18. The highest BCUT2D eigenvalue weighted by atomic mass is 19.1. The summed E-state index contributed by atoms with van der Waals surface area (Å²) in [7, 11) is 0. The molecular formula is C18H19F2N3O2. The lowest BCUT2D eigenvalue weighted by Gasteiger charge is -2.21. The van der Waals surface area contributed by atoms with Crippen LogP contribution in [0.2, 0.25) is 0 Å². The number of carbonyl (C=O) groups is 2. The molecule has 0 fully saturated rings. The van der Waals surface area contributed by atoms with Crippen LogP contribution in [0.25, 0.3) is 0 Å². The van der Waals surface area contributed by atoms with Gasteiger partial charge in [-0.1, -0.05) is 0 Å². The van der Waals surface area contributed by atoms with Crippen molar-refractivity contribution in [2.75, 3.05) is 28.6 Å². The van der Waals surface area contributed by atoms with Crippen LogP contribution in [0.1, 0.15) is 13.8 Å². The van der Waals surface area contributed by atoms with Crippen molar-refractivity contribution in [2.45, 2.75) is 13.8 Å². The molecule has 2 rings (SSSR count). The van der Waals surface area contributed by atoms with Crippen LogP contribution in [0.3, 0.4) is 0 Å². The zero-order chi connectivity index (χ0) is 18.4. The van der Waals surface area contributed by atoms with Crippen molar-refractivity contribution >= 4 is 28.9 Å². The maximum atomic E-state index is 13.5. The molecule has 2 amide bonds. The van der Waals surface area contributed by atoms with Gasteiger partial charge >= 0.3 is 11.8 Å². The highest BCUT2D eigenvalue weighted by Gasteiger charge is 2.16. The zero-order valence-corrected chi connectivity index (χ0v) is 14.0. The maximum absolute atomic E-state index is 13.5. The van der Waals surface area contributed by atoms with Gasteiger partial charge in [-0.3, -0.25) is 9.59 Å². The molecule has 0 aliphatic heterocycles. The zero-order valence-electron chi connectivity index (χ0n) is 14.0. The van der Waals surface area contributed by atoms with Gasteiger partial charge in [0.25, 0.3) is 0 Å². The third kappa shape index (κ3) is 4.76. The van der Waals surface area contributed by atoms with Crippen molar-refractivity contribution in [1.82, 2.24) is 0 Å². The summed E-state index contributed by atoms with van der Waals surface area (Å²) in [5, 5.41) is 4.53. The molecule has 0 atom stereocenters. The molecule has 0 spiro atoms. The molecular weight excluding hydrogens is 328 g/mol. The van der Waals surface area contributed by atoms with Crippen LogP contribution in [-0.4, -0.2) is 24.9 Å². The van der Waals surface area contributed by atoms with Crippen molar-refractivity contribution in [2.24, 2.45) is 0 Å². The predicted molar refractivity (Wildman–Crippen MR) is 93.6 cm³/mol. The van der Waals surface area contributed by atoms with Crippen molar-refractivity contribution in [3.8, 4) is 0 Å². The smallest absolute Gasteiger partial charge is 0.314 e. The van der Waals surface area contributed by atoms with E-state index in [4.69, 9.17) is 0 Å². The van der Waals surface area contributed by atoms with Crippen LogP contribution in [0, 0.1) is 11.6 Å². The fraction of sp³-hybridized carbons (Fsp3) is 0.222. The van der Waals surface area contributed by atoms with E-state index in [1.54, 1.807) is 12.1 Å². The SMILES string of the molecule is CCN(CC)c1ccc(NC(=O)C(=O)Nc2ccc(F)cc2F)cc1. The Kier molecular flexibility index (Phi) is 6.05. The Labute approximate surface area is 144 Å². The average molecular weight is 347 g/mol. The first-order valence-electron chi connectivity index (χ1n) is 7.87. The fourth-order valence-corrected chi connectivity index (χ4v) is 2.30. The van der Waals surface area contributed by atoms with Crippen LogP contribution < -0.4 is 15.5 Å². The Bertz CT molecular complexity index is 759. The number of nitrogens with zero attached hydrogens (tertiary/aromatic N) is 1. The molecule has 0 saturated carbocycles. The molecule has 25 heavy (non-hydrogen) atoms. The quantitative estimate of drug-likeness (QED) is 0.815. The number of hydrogen-bond acceptors (Lipinski definition) is 3. The summed E-state index contributed by atoms with van der Waals surface area (Å²) in [6.45, 7) is 5.79. The maximum Gasteiger partial charge on any atom is 0.314 e. The lowest BCUT2D eigenvalue weighted by atomic mass is 10.2. The van der Waals surface area contributed by atoms with Gasteiger partial charge in [0, 0.05) is 30.5 Å². The van der Waals surface area contributed by atoms with E-state index in [-0.39, 0.29) is 5.69 Å². The molecule has 0 heterocycles. The van der Waals surface area contributed by atoms with Crippen LogP contribution in [0.4, 0.5) is 25.8 Å².